The minimum absolute atomic E-state index is 0.144. The first-order valence-corrected chi connectivity index (χ1v) is 7.78. The molecule has 0 aliphatic carbocycles. The van der Waals surface area contributed by atoms with Gasteiger partial charge in [-0.1, -0.05) is 19.9 Å². The Labute approximate surface area is 123 Å². The van der Waals surface area contributed by atoms with Crippen LogP contribution in [0.5, 0.6) is 0 Å². The molecule has 4 heteroatoms. The highest BCUT2D eigenvalue weighted by Crippen LogP contribution is 2.26. The normalized spacial score (nSPS) is 24.5. The van der Waals surface area contributed by atoms with Crippen LogP contribution in [-0.2, 0) is 0 Å². The molecule has 2 N–H and O–H groups in total. The molecule has 1 aliphatic rings. The Morgan fingerprint density at radius 1 is 1.35 bits per heavy atom. The van der Waals surface area contributed by atoms with E-state index in [0.29, 0.717) is 6.04 Å². The molecule has 0 aromatic carbocycles. The molecule has 0 saturated carbocycles. The largest absolute Gasteiger partial charge is 0.326 e. The lowest BCUT2D eigenvalue weighted by atomic mass is 9.98. The molecule has 0 amide bonds. The summed E-state index contributed by atoms with van der Waals surface area (Å²) in [5.41, 5.74) is 7.52. The molecule has 1 aliphatic heterocycles. The van der Waals surface area contributed by atoms with Gasteiger partial charge in [-0.05, 0) is 32.0 Å². The number of pyridine rings is 1. The zero-order valence-corrected chi connectivity index (χ0v) is 13.0. The molecule has 2 rings (SSSR count). The van der Waals surface area contributed by atoms with Crippen LogP contribution in [0.25, 0.3) is 0 Å². The number of likely N-dealkylation sites (N-methyl/N-ethyl adjacent to an activating group) is 1. The minimum atomic E-state index is 0.144. The van der Waals surface area contributed by atoms with Crippen LogP contribution in [0.15, 0.2) is 24.4 Å². The van der Waals surface area contributed by atoms with Gasteiger partial charge in [0, 0.05) is 37.9 Å². The summed E-state index contributed by atoms with van der Waals surface area (Å²) < 4.78 is 0. The van der Waals surface area contributed by atoms with Crippen LogP contribution in [-0.4, -0.2) is 53.5 Å². The SMILES string of the molecule is CCC(N)C(c1ccccn1)N1CCN(C)C(CC)C1. The second-order valence-corrected chi connectivity index (χ2v) is 5.81. The maximum Gasteiger partial charge on any atom is 0.0674 e. The van der Waals surface area contributed by atoms with E-state index in [1.54, 1.807) is 0 Å². The third-order valence-electron chi connectivity index (χ3n) is 4.54. The van der Waals surface area contributed by atoms with E-state index >= 15 is 0 Å². The number of hydrogen-bond acceptors (Lipinski definition) is 4. The highest BCUT2D eigenvalue weighted by molar-refractivity contribution is 5.12. The van der Waals surface area contributed by atoms with Crippen molar-refractivity contribution in [2.75, 3.05) is 26.7 Å². The number of nitrogens with two attached hydrogens (primary N) is 1. The van der Waals surface area contributed by atoms with E-state index < -0.39 is 0 Å². The smallest absolute Gasteiger partial charge is 0.0674 e. The molecule has 4 nitrogen and oxygen atoms in total. The van der Waals surface area contributed by atoms with Gasteiger partial charge in [0.25, 0.3) is 0 Å². The summed E-state index contributed by atoms with van der Waals surface area (Å²) in [7, 11) is 2.22. The third-order valence-corrected chi connectivity index (χ3v) is 4.54. The van der Waals surface area contributed by atoms with Gasteiger partial charge in [-0.2, -0.15) is 0 Å². The van der Waals surface area contributed by atoms with E-state index in [2.05, 4.69) is 47.8 Å². The fraction of sp³-hybridized carbons (Fsp3) is 0.688. The maximum absolute atomic E-state index is 6.41. The molecule has 0 radical (unpaired) electrons. The van der Waals surface area contributed by atoms with Crippen LogP contribution < -0.4 is 5.73 Å². The first-order valence-electron chi connectivity index (χ1n) is 7.78. The standard InChI is InChI=1S/C16H28N4/c1-4-13-12-20(11-10-19(13)3)16(14(17)5-2)15-8-6-7-9-18-15/h6-9,13-14,16H,4-5,10-12,17H2,1-3H3. The lowest BCUT2D eigenvalue weighted by Gasteiger charge is -2.44. The van der Waals surface area contributed by atoms with Crippen molar-refractivity contribution in [3.05, 3.63) is 30.1 Å². The molecule has 0 spiro atoms. The van der Waals surface area contributed by atoms with Gasteiger partial charge in [0.05, 0.1) is 11.7 Å². The van der Waals surface area contributed by atoms with Crippen LogP contribution in [0.3, 0.4) is 0 Å². The number of nitrogens with zero attached hydrogens (tertiary/aromatic N) is 3. The molecule has 3 atom stereocenters. The van der Waals surface area contributed by atoms with Crippen LogP contribution in [0.1, 0.15) is 38.4 Å². The first kappa shape index (κ1) is 15.4. The average Bonchev–Trinajstić information content (AvgIpc) is 2.50. The van der Waals surface area contributed by atoms with Crippen LogP contribution in [0.4, 0.5) is 0 Å². The van der Waals surface area contributed by atoms with E-state index in [4.69, 9.17) is 5.73 Å². The van der Waals surface area contributed by atoms with E-state index in [9.17, 15) is 0 Å². The van der Waals surface area contributed by atoms with Crippen molar-refractivity contribution in [2.24, 2.45) is 5.73 Å². The van der Waals surface area contributed by atoms with Crippen LogP contribution in [0, 0.1) is 0 Å². The third kappa shape index (κ3) is 3.37. The fourth-order valence-corrected chi connectivity index (χ4v) is 3.11. The summed E-state index contributed by atoms with van der Waals surface area (Å²) in [5, 5.41) is 0. The number of aromatic nitrogens is 1. The molecule has 1 fully saturated rings. The van der Waals surface area contributed by atoms with Gasteiger partial charge >= 0.3 is 0 Å². The molecule has 112 valence electrons. The average molecular weight is 276 g/mol. The molecule has 1 saturated heterocycles. The molecule has 3 unspecified atom stereocenters. The monoisotopic (exact) mass is 276 g/mol. The van der Waals surface area contributed by atoms with Crippen molar-refractivity contribution >= 4 is 0 Å². The van der Waals surface area contributed by atoms with Crippen molar-refractivity contribution < 1.29 is 0 Å². The Morgan fingerprint density at radius 2 is 2.15 bits per heavy atom. The van der Waals surface area contributed by atoms with Gasteiger partial charge in [0.15, 0.2) is 0 Å². The molecule has 20 heavy (non-hydrogen) atoms. The summed E-state index contributed by atoms with van der Waals surface area (Å²) in [6.07, 6.45) is 4.03. The molecule has 1 aromatic rings. The van der Waals surface area contributed by atoms with E-state index in [1.807, 2.05) is 12.3 Å². The fourth-order valence-electron chi connectivity index (χ4n) is 3.11. The Morgan fingerprint density at radius 3 is 2.75 bits per heavy atom. The zero-order chi connectivity index (χ0) is 14.5. The summed E-state index contributed by atoms with van der Waals surface area (Å²) >= 11 is 0. The van der Waals surface area contributed by atoms with E-state index in [1.165, 1.54) is 6.42 Å². The quantitative estimate of drug-likeness (QED) is 0.892. The topological polar surface area (TPSA) is 45.4 Å². The number of piperazine rings is 1. The van der Waals surface area contributed by atoms with Crippen molar-refractivity contribution in [3.8, 4) is 0 Å². The number of hydrogen-bond donors (Lipinski definition) is 1. The molecule has 2 heterocycles. The van der Waals surface area contributed by atoms with Crippen molar-refractivity contribution in [1.82, 2.24) is 14.8 Å². The lowest BCUT2D eigenvalue weighted by molar-refractivity contribution is 0.0510. The van der Waals surface area contributed by atoms with Gasteiger partial charge in [0.2, 0.25) is 0 Å². The van der Waals surface area contributed by atoms with Gasteiger partial charge in [-0.3, -0.25) is 9.88 Å². The summed E-state index contributed by atoms with van der Waals surface area (Å²) in [6, 6.07) is 7.15. The molecular formula is C16H28N4. The van der Waals surface area contributed by atoms with Crippen LogP contribution >= 0.6 is 0 Å². The van der Waals surface area contributed by atoms with Crippen molar-refractivity contribution in [1.29, 1.82) is 0 Å². The number of rotatable bonds is 5. The highest BCUT2D eigenvalue weighted by atomic mass is 15.3. The summed E-state index contributed by atoms with van der Waals surface area (Å²) in [5.74, 6) is 0. The summed E-state index contributed by atoms with van der Waals surface area (Å²) in [6.45, 7) is 7.69. The van der Waals surface area contributed by atoms with E-state index in [0.717, 1.165) is 31.7 Å². The second kappa shape index (κ2) is 7.16. The van der Waals surface area contributed by atoms with E-state index in [-0.39, 0.29) is 12.1 Å². The molecule has 0 bridgehead atoms. The Bertz CT molecular complexity index is 395. The van der Waals surface area contributed by atoms with Gasteiger partial charge in [0.1, 0.15) is 0 Å². The summed E-state index contributed by atoms with van der Waals surface area (Å²) in [4.78, 5) is 9.55. The molecular weight excluding hydrogens is 248 g/mol. The highest BCUT2D eigenvalue weighted by Gasteiger charge is 2.32. The molecule has 1 aromatic heterocycles. The minimum Gasteiger partial charge on any atom is -0.326 e. The Hall–Kier alpha value is -0.970. The second-order valence-electron chi connectivity index (χ2n) is 5.81. The van der Waals surface area contributed by atoms with Gasteiger partial charge in [-0.15, -0.1) is 0 Å². The maximum atomic E-state index is 6.41. The Kier molecular flexibility index (Phi) is 5.52. The first-order chi connectivity index (χ1) is 9.67. The predicted molar refractivity (Wildman–Crippen MR) is 83.5 cm³/mol. The Balaban J connectivity index is 2.19. The predicted octanol–water partition coefficient (Wildman–Crippen LogP) is 1.89. The zero-order valence-electron chi connectivity index (χ0n) is 13.0. The van der Waals surface area contributed by atoms with Crippen molar-refractivity contribution in [2.45, 2.75) is 44.8 Å². The lowest BCUT2D eigenvalue weighted by Crippen LogP contribution is -2.54. The van der Waals surface area contributed by atoms with Gasteiger partial charge < -0.3 is 10.6 Å². The van der Waals surface area contributed by atoms with Crippen LogP contribution in [0.2, 0.25) is 0 Å². The van der Waals surface area contributed by atoms with Crippen molar-refractivity contribution in [3.63, 3.8) is 0 Å². The van der Waals surface area contributed by atoms with Gasteiger partial charge in [-0.25, -0.2) is 0 Å².